The molecule has 1 aliphatic heterocycles. The molecule has 72 valence electrons. The van der Waals surface area contributed by atoms with Crippen molar-refractivity contribution in [3.8, 4) is 0 Å². The van der Waals surface area contributed by atoms with E-state index in [2.05, 4.69) is 11.2 Å². The van der Waals surface area contributed by atoms with E-state index in [0.29, 0.717) is 6.04 Å². The minimum atomic E-state index is 0.660. The van der Waals surface area contributed by atoms with Gasteiger partial charge in [0.05, 0.1) is 0 Å². The van der Waals surface area contributed by atoms with Crippen molar-refractivity contribution in [1.82, 2.24) is 4.90 Å². The lowest BCUT2D eigenvalue weighted by Crippen LogP contribution is -2.41. The van der Waals surface area contributed by atoms with Crippen molar-refractivity contribution >= 4 is 23.4 Å². The molecule has 1 rings (SSSR count). The second-order valence-corrected chi connectivity index (χ2v) is 4.63. The molecule has 0 amide bonds. The highest BCUT2D eigenvalue weighted by molar-refractivity contribution is 7.98. The molecule has 0 bridgehead atoms. The Morgan fingerprint density at radius 3 is 3.00 bits per heavy atom. The molecule has 3 heteroatoms. The molecular formula is C9H18ClNS. The minimum absolute atomic E-state index is 0.660. The van der Waals surface area contributed by atoms with Gasteiger partial charge in [-0.25, -0.2) is 0 Å². The second-order valence-electron chi connectivity index (χ2n) is 3.33. The van der Waals surface area contributed by atoms with Crippen molar-refractivity contribution in [1.29, 1.82) is 0 Å². The Hall–Kier alpha value is 0.600. The summed E-state index contributed by atoms with van der Waals surface area (Å²) in [6.07, 6.45) is 6.20. The maximum absolute atomic E-state index is 5.91. The van der Waals surface area contributed by atoms with Crippen molar-refractivity contribution in [2.75, 3.05) is 31.0 Å². The van der Waals surface area contributed by atoms with Crippen LogP contribution in [0, 0.1) is 0 Å². The highest BCUT2D eigenvalue weighted by Crippen LogP contribution is 2.17. The Morgan fingerprint density at radius 2 is 2.33 bits per heavy atom. The van der Waals surface area contributed by atoms with Gasteiger partial charge in [0.15, 0.2) is 0 Å². The van der Waals surface area contributed by atoms with Crippen LogP contribution in [0.15, 0.2) is 0 Å². The van der Waals surface area contributed by atoms with E-state index in [-0.39, 0.29) is 0 Å². The van der Waals surface area contributed by atoms with E-state index in [1.165, 1.54) is 38.1 Å². The summed E-state index contributed by atoms with van der Waals surface area (Å²) in [5, 5.41) is 0. The number of rotatable bonds is 4. The van der Waals surface area contributed by atoms with E-state index < -0.39 is 0 Å². The first-order valence-corrected chi connectivity index (χ1v) is 6.60. The van der Waals surface area contributed by atoms with Crippen LogP contribution in [0.1, 0.15) is 19.3 Å². The molecule has 0 N–H and O–H groups in total. The number of likely N-dealkylation sites (tertiary alicyclic amines) is 1. The maximum atomic E-state index is 5.91. The molecule has 0 aromatic heterocycles. The Morgan fingerprint density at radius 1 is 1.50 bits per heavy atom. The normalized spacial score (nSPS) is 26.0. The van der Waals surface area contributed by atoms with Crippen LogP contribution in [0.4, 0.5) is 0 Å². The van der Waals surface area contributed by atoms with Crippen molar-refractivity contribution in [2.45, 2.75) is 25.3 Å². The number of nitrogens with zero attached hydrogens (tertiary/aromatic N) is 1. The van der Waals surface area contributed by atoms with Gasteiger partial charge in [-0.05, 0) is 25.6 Å². The first-order chi connectivity index (χ1) is 5.88. The average molecular weight is 208 g/mol. The zero-order valence-corrected chi connectivity index (χ0v) is 9.33. The molecule has 1 aliphatic rings. The van der Waals surface area contributed by atoms with Crippen LogP contribution in [-0.2, 0) is 0 Å². The molecule has 0 aromatic rings. The standard InChI is InChI=1S/C9H18ClNS/c1-12-7-6-11-5-3-2-4-9(11)8-10/h9H,2-8H2,1H3. The van der Waals surface area contributed by atoms with Crippen LogP contribution in [0.3, 0.4) is 0 Å². The second kappa shape index (κ2) is 6.11. The Balaban J connectivity index is 2.26. The van der Waals surface area contributed by atoms with Crippen LogP contribution >= 0.6 is 23.4 Å². The van der Waals surface area contributed by atoms with Crippen LogP contribution in [0.5, 0.6) is 0 Å². The van der Waals surface area contributed by atoms with Gasteiger partial charge in [-0.15, -0.1) is 11.6 Å². The van der Waals surface area contributed by atoms with E-state index in [0.717, 1.165) is 5.88 Å². The zero-order chi connectivity index (χ0) is 8.81. The Labute approximate surface area is 84.8 Å². The molecule has 1 fully saturated rings. The topological polar surface area (TPSA) is 3.24 Å². The largest absolute Gasteiger partial charge is 0.298 e. The van der Waals surface area contributed by atoms with E-state index in [4.69, 9.17) is 11.6 Å². The van der Waals surface area contributed by atoms with Gasteiger partial charge < -0.3 is 0 Å². The molecule has 1 unspecified atom stereocenters. The molecule has 0 spiro atoms. The summed E-state index contributed by atoms with van der Waals surface area (Å²) >= 11 is 7.83. The lowest BCUT2D eigenvalue weighted by molar-refractivity contribution is 0.173. The molecule has 0 saturated carbocycles. The lowest BCUT2D eigenvalue weighted by Gasteiger charge is -2.34. The van der Waals surface area contributed by atoms with Gasteiger partial charge in [0.2, 0.25) is 0 Å². The SMILES string of the molecule is CSCCN1CCCCC1CCl. The Kier molecular flexibility index (Phi) is 5.44. The van der Waals surface area contributed by atoms with Gasteiger partial charge in [0, 0.05) is 24.2 Å². The monoisotopic (exact) mass is 207 g/mol. The van der Waals surface area contributed by atoms with Crippen molar-refractivity contribution in [3.05, 3.63) is 0 Å². The van der Waals surface area contributed by atoms with Crippen molar-refractivity contribution < 1.29 is 0 Å². The van der Waals surface area contributed by atoms with Gasteiger partial charge in [-0.1, -0.05) is 6.42 Å². The summed E-state index contributed by atoms with van der Waals surface area (Å²) in [5.41, 5.74) is 0. The number of halogens is 1. The third kappa shape index (κ3) is 3.15. The summed E-state index contributed by atoms with van der Waals surface area (Å²) in [6.45, 7) is 2.48. The number of hydrogen-bond acceptors (Lipinski definition) is 2. The summed E-state index contributed by atoms with van der Waals surface area (Å²) < 4.78 is 0. The molecular weight excluding hydrogens is 190 g/mol. The maximum Gasteiger partial charge on any atom is 0.0379 e. The number of thioether (sulfide) groups is 1. The Bertz CT molecular complexity index is 121. The van der Waals surface area contributed by atoms with E-state index >= 15 is 0 Å². The smallest absolute Gasteiger partial charge is 0.0379 e. The molecule has 0 aliphatic carbocycles. The van der Waals surface area contributed by atoms with E-state index in [9.17, 15) is 0 Å². The fourth-order valence-electron chi connectivity index (χ4n) is 1.74. The third-order valence-electron chi connectivity index (χ3n) is 2.51. The summed E-state index contributed by atoms with van der Waals surface area (Å²) in [7, 11) is 0. The molecule has 1 nitrogen and oxygen atoms in total. The fraction of sp³-hybridized carbons (Fsp3) is 1.00. The van der Waals surface area contributed by atoms with Crippen LogP contribution in [0.2, 0.25) is 0 Å². The highest BCUT2D eigenvalue weighted by atomic mass is 35.5. The van der Waals surface area contributed by atoms with Gasteiger partial charge in [-0.3, -0.25) is 4.90 Å². The predicted molar refractivity (Wildman–Crippen MR) is 58.3 cm³/mol. The van der Waals surface area contributed by atoms with Crippen molar-refractivity contribution in [3.63, 3.8) is 0 Å². The minimum Gasteiger partial charge on any atom is -0.298 e. The van der Waals surface area contributed by atoms with Gasteiger partial charge in [0.25, 0.3) is 0 Å². The first-order valence-electron chi connectivity index (χ1n) is 4.67. The van der Waals surface area contributed by atoms with Gasteiger partial charge >= 0.3 is 0 Å². The van der Waals surface area contributed by atoms with Crippen LogP contribution < -0.4 is 0 Å². The summed E-state index contributed by atoms with van der Waals surface area (Å²) in [4.78, 5) is 2.55. The average Bonchev–Trinajstić information content (AvgIpc) is 2.15. The van der Waals surface area contributed by atoms with E-state index in [1.54, 1.807) is 0 Å². The molecule has 12 heavy (non-hydrogen) atoms. The number of piperidine rings is 1. The molecule has 0 aromatic carbocycles. The van der Waals surface area contributed by atoms with Gasteiger partial charge in [-0.2, -0.15) is 11.8 Å². The number of hydrogen-bond donors (Lipinski definition) is 0. The first kappa shape index (κ1) is 10.7. The van der Waals surface area contributed by atoms with E-state index in [1.807, 2.05) is 11.8 Å². The van der Waals surface area contributed by atoms with Gasteiger partial charge in [0.1, 0.15) is 0 Å². The quantitative estimate of drug-likeness (QED) is 0.652. The summed E-state index contributed by atoms with van der Waals surface area (Å²) in [5.74, 6) is 2.06. The fourth-order valence-corrected chi connectivity index (χ4v) is 2.50. The number of alkyl halides is 1. The van der Waals surface area contributed by atoms with Crippen LogP contribution in [-0.4, -0.2) is 41.9 Å². The molecule has 1 heterocycles. The summed E-state index contributed by atoms with van der Waals surface area (Å²) in [6, 6.07) is 0.660. The third-order valence-corrected chi connectivity index (χ3v) is 3.46. The molecule has 1 saturated heterocycles. The lowest BCUT2D eigenvalue weighted by atomic mass is 10.0. The zero-order valence-electron chi connectivity index (χ0n) is 7.76. The molecule has 1 atom stereocenters. The van der Waals surface area contributed by atoms with Crippen LogP contribution in [0.25, 0.3) is 0 Å². The van der Waals surface area contributed by atoms with Crippen molar-refractivity contribution in [2.24, 2.45) is 0 Å². The highest BCUT2D eigenvalue weighted by Gasteiger charge is 2.20. The predicted octanol–water partition coefficient (Wildman–Crippen LogP) is 2.44. The molecule has 0 radical (unpaired) electrons.